The first-order valence-electron chi connectivity index (χ1n) is 10.8. The van der Waals surface area contributed by atoms with Crippen LogP contribution < -0.4 is 10.7 Å². The minimum Gasteiger partial charge on any atom is -0.347 e. The van der Waals surface area contributed by atoms with E-state index in [0.29, 0.717) is 0 Å². The third kappa shape index (κ3) is 4.22. The highest BCUT2D eigenvalue weighted by atomic mass is 16.2. The Balaban J connectivity index is 1.38. The third-order valence-electron chi connectivity index (χ3n) is 5.91. The highest BCUT2D eigenvalue weighted by Crippen LogP contribution is 2.29. The molecule has 30 heavy (non-hydrogen) atoms. The average molecular weight is 405 g/mol. The predicted molar refractivity (Wildman–Crippen MR) is 120 cm³/mol. The maximum Gasteiger partial charge on any atom is 0.259 e. The summed E-state index contributed by atoms with van der Waals surface area (Å²) < 4.78 is 2.29. The van der Waals surface area contributed by atoms with Gasteiger partial charge in [-0.05, 0) is 43.5 Å². The lowest BCUT2D eigenvalue weighted by atomic mass is 9.89. The molecule has 1 aromatic heterocycles. The van der Waals surface area contributed by atoms with Crippen LogP contribution in [0.4, 0.5) is 0 Å². The SMILES string of the molecule is CCn1c2ccccc2c2cc(C=NNC(=O)CNC(=O)C3CCCCC3)ccc21. The molecule has 156 valence electrons. The number of carbonyl (C=O) groups excluding carboxylic acids is 2. The summed E-state index contributed by atoms with van der Waals surface area (Å²) in [5.41, 5.74) is 5.81. The van der Waals surface area contributed by atoms with Gasteiger partial charge in [0.2, 0.25) is 5.91 Å². The molecule has 1 aliphatic rings. The summed E-state index contributed by atoms with van der Waals surface area (Å²) in [6.07, 6.45) is 6.86. The molecule has 1 aliphatic carbocycles. The van der Waals surface area contributed by atoms with Crippen molar-refractivity contribution < 1.29 is 9.59 Å². The Bertz CT molecular complexity index is 1090. The van der Waals surface area contributed by atoms with Crippen LogP contribution in [0.25, 0.3) is 21.8 Å². The molecule has 2 aromatic carbocycles. The van der Waals surface area contributed by atoms with Crippen molar-refractivity contribution in [1.82, 2.24) is 15.3 Å². The molecule has 0 bridgehead atoms. The van der Waals surface area contributed by atoms with Gasteiger partial charge in [0.25, 0.3) is 5.91 Å². The van der Waals surface area contributed by atoms with Crippen LogP contribution in [0.5, 0.6) is 0 Å². The molecule has 4 rings (SSSR count). The number of nitrogens with one attached hydrogen (secondary N) is 2. The van der Waals surface area contributed by atoms with E-state index in [1.54, 1.807) is 6.21 Å². The smallest absolute Gasteiger partial charge is 0.259 e. The van der Waals surface area contributed by atoms with Crippen molar-refractivity contribution >= 4 is 39.8 Å². The molecular formula is C24H28N4O2. The molecule has 0 atom stereocenters. The van der Waals surface area contributed by atoms with Gasteiger partial charge in [0.1, 0.15) is 0 Å². The number of aromatic nitrogens is 1. The normalized spacial score (nSPS) is 15.1. The Kier molecular flexibility index (Phi) is 6.12. The second-order valence-corrected chi connectivity index (χ2v) is 7.88. The molecule has 1 heterocycles. The summed E-state index contributed by atoms with van der Waals surface area (Å²) in [5.74, 6) is -0.294. The molecular weight excluding hydrogens is 376 g/mol. The van der Waals surface area contributed by atoms with E-state index in [-0.39, 0.29) is 24.3 Å². The maximum absolute atomic E-state index is 12.1. The van der Waals surface area contributed by atoms with Crippen molar-refractivity contribution in [2.24, 2.45) is 11.0 Å². The summed E-state index contributed by atoms with van der Waals surface area (Å²) in [6.45, 7) is 3.00. The zero-order chi connectivity index (χ0) is 20.9. The van der Waals surface area contributed by atoms with Crippen LogP contribution in [-0.2, 0) is 16.1 Å². The molecule has 0 radical (unpaired) electrons. The summed E-state index contributed by atoms with van der Waals surface area (Å²) in [4.78, 5) is 24.1. The number of amides is 2. The van der Waals surface area contributed by atoms with Gasteiger partial charge in [0, 0.05) is 34.3 Å². The fraction of sp³-hybridized carbons (Fsp3) is 0.375. The average Bonchev–Trinajstić information content (AvgIpc) is 3.11. The highest BCUT2D eigenvalue weighted by Gasteiger charge is 2.21. The van der Waals surface area contributed by atoms with E-state index < -0.39 is 0 Å². The van der Waals surface area contributed by atoms with Crippen molar-refractivity contribution in [1.29, 1.82) is 0 Å². The zero-order valence-electron chi connectivity index (χ0n) is 17.4. The largest absolute Gasteiger partial charge is 0.347 e. The molecule has 3 aromatic rings. The molecule has 1 fully saturated rings. The van der Waals surface area contributed by atoms with E-state index >= 15 is 0 Å². The molecule has 2 N–H and O–H groups in total. The second-order valence-electron chi connectivity index (χ2n) is 7.88. The number of hydrazone groups is 1. The van der Waals surface area contributed by atoms with E-state index in [1.165, 1.54) is 28.2 Å². The fourth-order valence-corrected chi connectivity index (χ4v) is 4.39. The topological polar surface area (TPSA) is 75.5 Å². The van der Waals surface area contributed by atoms with Gasteiger partial charge < -0.3 is 9.88 Å². The number of nitrogens with zero attached hydrogens (tertiary/aromatic N) is 2. The van der Waals surface area contributed by atoms with Crippen LogP contribution in [-0.4, -0.2) is 29.1 Å². The van der Waals surface area contributed by atoms with Crippen LogP contribution in [0.15, 0.2) is 47.6 Å². The van der Waals surface area contributed by atoms with Gasteiger partial charge in [-0.1, -0.05) is 43.5 Å². The number of aryl methyl sites for hydroxylation is 1. The standard InChI is InChI=1S/C24H28N4O2/c1-2-28-21-11-7-6-10-19(21)20-14-17(12-13-22(20)28)15-26-27-23(29)16-25-24(30)18-8-4-3-5-9-18/h6-7,10-15,18H,2-5,8-9,16H2,1H3,(H,25,30)(H,27,29). The van der Waals surface area contributed by atoms with Crippen LogP contribution in [0.2, 0.25) is 0 Å². The Labute approximate surface area is 176 Å². The predicted octanol–water partition coefficient (Wildman–Crippen LogP) is 3.96. The van der Waals surface area contributed by atoms with Crippen LogP contribution in [0.1, 0.15) is 44.6 Å². The lowest BCUT2D eigenvalue weighted by Crippen LogP contribution is -2.38. The Hall–Kier alpha value is -3.15. The number of fused-ring (bicyclic) bond motifs is 3. The number of hydrogen-bond acceptors (Lipinski definition) is 3. The van der Waals surface area contributed by atoms with Crippen LogP contribution in [0.3, 0.4) is 0 Å². The third-order valence-corrected chi connectivity index (χ3v) is 5.91. The molecule has 2 amide bonds. The van der Waals surface area contributed by atoms with Gasteiger partial charge in [0.15, 0.2) is 0 Å². The second kappa shape index (κ2) is 9.11. The molecule has 0 saturated heterocycles. The minimum absolute atomic E-state index is 0.0217. The lowest BCUT2D eigenvalue weighted by Gasteiger charge is -2.20. The van der Waals surface area contributed by atoms with Gasteiger partial charge in [-0.2, -0.15) is 5.10 Å². The van der Waals surface area contributed by atoms with Gasteiger partial charge in [-0.25, -0.2) is 5.43 Å². The van der Waals surface area contributed by atoms with Crippen molar-refractivity contribution in [2.75, 3.05) is 6.54 Å². The maximum atomic E-state index is 12.1. The van der Waals surface area contributed by atoms with Crippen LogP contribution in [0, 0.1) is 5.92 Å². The molecule has 6 nitrogen and oxygen atoms in total. The molecule has 6 heteroatoms. The van der Waals surface area contributed by atoms with E-state index in [4.69, 9.17) is 0 Å². The van der Waals surface area contributed by atoms with Crippen molar-refractivity contribution in [3.05, 3.63) is 48.0 Å². The van der Waals surface area contributed by atoms with Gasteiger partial charge in [0.05, 0.1) is 12.8 Å². The molecule has 0 unspecified atom stereocenters. The molecule has 0 spiro atoms. The summed E-state index contributed by atoms with van der Waals surface area (Å²) in [5, 5.41) is 9.17. The lowest BCUT2D eigenvalue weighted by molar-refractivity contribution is -0.129. The first-order valence-corrected chi connectivity index (χ1v) is 10.8. The first kappa shape index (κ1) is 20.1. The quantitative estimate of drug-likeness (QED) is 0.482. The summed E-state index contributed by atoms with van der Waals surface area (Å²) in [6, 6.07) is 14.5. The number of hydrogen-bond donors (Lipinski definition) is 2. The zero-order valence-corrected chi connectivity index (χ0v) is 17.4. The molecule has 1 saturated carbocycles. The van der Waals surface area contributed by atoms with E-state index in [1.807, 2.05) is 12.1 Å². The summed E-state index contributed by atoms with van der Waals surface area (Å²) in [7, 11) is 0. The van der Waals surface area contributed by atoms with Crippen molar-refractivity contribution in [2.45, 2.75) is 45.6 Å². The van der Waals surface area contributed by atoms with E-state index in [0.717, 1.165) is 37.8 Å². The first-order chi connectivity index (χ1) is 14.7. The Morgan fingerprint density at radius 2 is 1.83 bits per heavy atom. The van der Waals surface area contributed by atoms with E-state index in [9.17, 15) is 9.59 Å². The summed E-state index contributed by atoms with van der Waals surface area (Å²) >= 11 is 0. The van der Waals surface area contributed by atoms with Gasteiger partial charge in [-0.3, -0.25) is 9.59 Å². The fourth-order valence-electron chi connectivity index (χ4n) is 4.39. The van der Waals surface area contributed by atoms with Crippen LogP contribution >= 0.6 is 0 Å². The highest BCUT2D eigenvalue weighted by molar-refractivity contribution is 6.09. The number of para-hydroxylation sites is 1. The van der Waals surface area contributed by atoms with Crippen molar-refractivity contribution in [3.63, 3.8) is 0 Å². The Morgan fingerprint density at radius 3 is 2.63 bits per heavy atom. The van der Waals surface area contributed by atoms with Gasteiger partial charge in [-0.15, -0.1) is 0 Å². The Morgan fingerprint density at radius 1 is 1.07 bits per heavy atom. The van der Waals surface area contributed by atoms with Crippen molar-refractivity contribution in [3.8, 4) is 0 Å². The molecule has 0 aliphatic heterocycles. The number of benzene rings is 2. The van der Waals surface area contributed by atoms with E-state index in [2.05, 4.69) is 57.7 Å². The monoisotopic (exact) mass is 404 g/mol. The minimum atomic E-state index is -0.320. The van der Waals surface area contributed by atoms with Gasteiger partial charge >= 0.3 is 0 Å². The number of carbonyl (C=O) groups is 2. The number of rotatable bonds is 6.